The molecule has 0 rings (SSSR count). The van der Waals surface area contributed by atoms with Crippen LogP contribution in [0.1, 0.15) is 0 Å². The van der Waals surface area contributed by atoms with Crippen molar-refractivity contribution in [3.05, 3.63) is 0 Å². The first-order valence-corrected chi connectivity index (χ1v) is 5.10. The molecule has 18 heteroatoms. The average Bonchev–Trinajstić information content (AvgIpc) is 2.31. The lowest BCUT2D eigenvalue weighted by Crippen LogP contribution is -2.69. The number of hydrogen-bond donors (Lipinski definition) is 0. The Morgan fingerprint density at radius 2 is 0.654 bits per heavy atom. The van der Waals surface area contributed by atoms with Gasteiger partial charge in [-0.3, -0.25) is 0 Å². The van der Waals surface area contributed by atoms with E-state index in [1.54, 1.807) is 0 Å². The van der Waals surface area contributed by atoms with Gasteiger partial charge in [0, 0.05) is 0 Å². The van der Waals surface area contributed by atoms with E-state index in [0.29, 0.717) is 0 Å². The summed E-state index contributed by atoms with van der Waals surface area (Å²) >= 11 is 0. The van der Waals surface area contributed by atoms with Gasteiger partial charge in [-0.25, -0.2) is 8.78 Å². The Morgan fingerprint density at radius 1 is 0.423 bits per heavy atom. The highest BCUT2D eigenvalue weighted by molar-refractivity contribution is 5.10. The Balaban J connectivity index is 0. The monoisotopic (exact) mass is 440 g/mol. The van der Waals surface area contributed by atoms with Gasteiger partial charge >= 0.3 is 42.7 Å². The molecule has 1 unspecified atom stereocenters. The fourth-order valence-electron chi connectivity index (χ4n) is 1.05. The molecule has 0 bridgehead atoms. The highest BCUT2D eigenvalue weighted by Crippen LogP contribution is 2.57. The number of alkyl halides is 18. The number of hydrogen-bond acceptors (Lipinski definition) is 0. The normalized spacial score (nSPS) is 16.3. The fraction of sp³-hybridized carbons (Fsp3) is 1.00. The zero-order valence-electron chi connectivity index (χ0n) is 11.0. The second-order valence-corrected chi connectivity index (χ2v) is 4.01. The molecule has 0 radical (unpaired) electrons. The molecule has 0 saturated carbocycles. The van der Waals surface area contributed by atoms with Crippen LogP contribution in [0.5, 0.6) is 0 Å². The molecule has 0 aromatic rings. The van der Waals surface area contributed by atoms with E-state index in [4.69, 9.17) is 0 Å². The first kappa shape index (κ1) is 27.0. The van der Waals surface area contributed by atoms with Crippen LogP contribution in [0.3, 0.4) is 0 Å². The Hall–Kier alpha value is -1.26. The quantitative estimate of drug-likeness (QED) is 0.461. The fourth-order valence-corrected chi connectivity index (χ4v) is 1.05. The summed E-state index contributed by atoms with van der Waals surface area (Å²) in [6.45, 7) is -3.67. The maximum absolute atomic E-state index is 12.8. The number of halogens is 18. The lowest BCUT2D eigenvalue weighted by molar-refractivity contribution is -0.414. The minimum atomic E-state index is -7.70. The van der Waals surface area contributed by atoms with Crippen molar-refractivity contribution in [2.24, 2.45) is 0 Å². The minimum absolute atomic E-state index is 3.67. The molecule has 0 saturated heterocycles. The zero-order chi connectivity index (χ0) is 22.2. The molecule has 1 atom stereocenters. The third-order valence-corrected chi connectivity index (χ3v) is 2.27. The zero-order valence-corrected chi connectivity index (χ0v) is 11.0. The van der Waals surface area contributed by atoms with Crippen molar-refractivity contribution >= 4 is 0 Å². The smallest absolute Gasteiger partial charge is 0.236 e. The predicted octanol–water partition coefficient (Wildman–Crippen LogP) is 6.17. The van der Waals surface area contributed by atoms with Crippen molar-refractivity contribution in [2.45, 2.75) is 48.9 Å². The van der Waals surface area contributed by atoms with Crippen LogP contribution in [0.15, 0.2) is 0 Å². The Morgan fingerprint density at radius 3 is 0.808 bits per heavy atom. The molecule has 0 heterocycles. The highest BCUT2D eigenvalue weighted by atomic mass is 19.4. The first-order valence-electron chi connectivity index (χ1n) is 5.10. The van der Waals surface area contributed by atoms with Gasteiger partial charge in [-0.15, -0.1) is 0 Å². The maximum Gasteiger partial charge on any atom is 0.459 e. The van der Waals surface area contributed by atoms with Gasteiger partial charge in [-0.1, -0.05) is 0 Å². The third-order valence-electron chi connectivity index (χ3n) is 2.27. The maximum atomic E-state index is 12.8. The largest absolute Gasteiger partial charge is 0.459 e. The number of rotatable bonds is 3. The van der Waals surface area contributed by atoms with Gasteiger partial charge in [0.05, 0.1) is 0 Å². The van der Waals surface area contributed by atoms with E-state index in [2.05, 4.69) is 0 Å². The molecule has 0 aliphatic heterocycles. The topological polar surface area (TPSA) is 0 Å². The van der Waals surface area contributed by atoms with E-state index < -0.39 is 48.9 Å². The Kier molecular flexibility index (Phi) is 7.67. The van der Waals surface area contributed by atoms with Crippen molar-refractivity contribution < 1.29 is 79.0 Å². The third kappa shape index (κ3) is 4.92. The standard InChI is InChI=1S/C7HF15.CHF3/c8-1(2(9,5(14,15)16)6(17,18)19)3(10,11)4(12,13)7(20,21)22;2-1(3)4/h1H;1H. The van der Waals surface area contributed by atoms with Crippen LogP contribution in [-0.4, -0.2) is 48.9 Å². The van der Waals surface area contributed by atoms with Gasteiger partial charge in [-0.2, -0.15) is 70.2 Å². The molecular formula is C8H2F18. The predicted molar refractivity (Wildman–Crippen MR) is 43.9 cm³/mol. The molecule has 0 nitrogen and oxygen atoms in total. The molecule has 0 spiro atoms. The van der Waals surface area contributed by atoms with Crippen LogP contribution >= 0.6 is 0 Å². The average molecular weight is 440 g/mol. The van der Waals surface area contributed by atoms with Crippen LogP contribution in [0, 0.1) is 0 Å². The van der Waals surface area contributed by atoms with Gasteiger partial charge in [0.15, 0.2) is 0 Å². The SMILES string of the molecule is FC(C(F)(F)C(F)(F)C(F)(F)F)C(F)(C(F)(F)F)C(F)(F)F.FC(F)F. The van der Waals surface area contributed by atoms with Crippen molar-refractivity contribution in [1.82, 2.24) is 0 Å². The van der Waals surface area contributed by atoms with Gasteiger partial charge in [-0.05, 0) is 0 Å². The lowest BCUT2D eigenvalue weighted by Gasteiger charge is -2.38. The van der Waals surface area contributed by atoms with Gasteiger partial charge < -0.3 is 0 Å². The summed E-state index contributed by atoms with van der Waals surface area (Å²) in [6, 6.07) is 0. The summed E-state index contributed by atoms with van der Waals surface area (Å²) in [6.07, 6.45) is -29.2. The summed E-state index contributed by atoms with van der Waals surface area (Å²) in [4.78, 5) is 0. The minimum Gasteiger partial charge on any atom is -0.236 e. The van der Waals surface area contributed by atoms with E-state index in [0.717, 1.165) is 0 Å². The van der Waals surface area contributed by atoms with E-state index >= 15 is 0 Å². The Bertz CT molecular complexity index is 419. The second-order valence-electron chi connectivity index (χ2n) is 4.01. The molecule has 160 valence electrons. The summed E-state index contributed by atoms with van der Waals surface area (Å²) in [5.41, 5.74) is -7.65. The van der Waals surface area contributed by atoms with Crippen molar-refractivity contribution in [1.29, 1.82) is 0 Å². The van der Waals surface area contributed by atoms with Gasteiger partial charge in [0.1, 0.15) is 0 Å². The van der Waals surface area contributed by atoms with Gasteiger partial charge in [0.2, 0.25) is 6.17 Å². The summed E-state index contributed by atoms with van der Waals surface area (Å²) < 4.78 is 210. The van der Waals surface area contributed by atoms with Crippen LogP contribution < -0.4 is 0 Å². The summed E-state index contributed by atoms with van der Waals surface area (Å²) in [5, 5.41) is 0. The molecule has 0 aliphatic carbocycles. The summed E-state index contributed by atoms with van der Waals surface area (Å²) in [5.74, 6) is -15.4. The highest BCUT2D eigenvalue weighted by Gasteiger charge is 2.87. The molecule has 0 fully saturated rings. The van der Waals surface area contributed by atoms with E-state index in [9.17, 15) is 79.0 Å². The van der Waals surface area contributed by atoms with Crippen molar-refractivity contribution in [3.8, 4) is 0 Å². The molecule has 0 aromatic carbocycles. The van der Waals surface area contributed by atoms with Crippen LogP contribution in [0.25, 0.3) is 0 Å². The Labute approximate surface area is 129 Å². The van der Waals surface area contributed by atoms with Crippen LogP contribution in [0.4, 0.5) is 79.0 Å². The van der Waals surface area contributed by atoms with Crippen molar-refractivity contribution in [3.63, 3.8) is 0 Å². The molecule has 0 aromatic heterocycles. The van der Waals surface area contributed by atoms with E-state index in [-0.39, 0.29) is 0 Å². The lowest BCUT2D eigenvalue weighted by atomic mass is 9.90. The van der Waals surface area contributed by atoms with Crippen molar-refractivity contribution in [2.75, 3.05) is 0 Å². The second kappa shape index (κ2) is 7.40. The first-order chi connectivity index (χ1) is 10.9. The summed E-state index contributed by atoms with van der Waals surface area (Å²) in [7, 11) is 0. The van der Waals surface area contributed by atoms with E-state index in [1.807, 2.05) is 0 Å². The van der Waals surface area contributed by atoms with Crippen LogP contribution in [-0.2, 0) is 0 Å². The van der Waals surface area contributed by atoms with Gasteiger partial charge in [0.25, 0.3) is 0 Å². The van der Waals surface area contributed by atoms with E-state index in [1.165, 1.54) is 0 Å². The molecule has 0 aliphatic rings. The molecule has 0 amide bonds. The molecule has 0 N–H and O–H groups in total. The molecular weight excluding hydrogens is 438 g/mol. The van der Waals surface area contributed by atoms with Crippen LogP contribution in [0.2, 0.25) is 0 Å². The molecule has 26 heavy (non-hydrogen) atoms.